The van der Waals surface area contributed by atoms with Crippen LogP contribution in [0.15, 0.2) is 29.3 Å². The number of nitrogens with zero attached hydrogens (tertiary/aromatic N) is 2. The van der Waals surface area contributed by atoms with Crippen LogP contribution in [0.2, 0.25) is 1.41 Å². The van der Waals surface area contributed by atoms with Crippen LogP contribution >= 0.6 is 11.8 Å². The van der Waals surface area contributed by atoms with Crippen molar-refractivity contribution in [1.82, 2.24) is 4.98 Å². The highest BCUT2D eigenvalue weighted by molar-refractivity contribution is 7.99. The summed E-state index contributed by atoms with van der Waals surface area (Å²) in [5, 5.41) is 0.863. The van der Waals surface area contributed by atoms with Gasteiger partial charge in [-0.1, -0.05) is 13.0 Å². The first-order chi connectivity index (χ1) is 11.1. The minimum absolute atomic E-state index is 0.168. The number of fused-ring (bicyclic) bond motifs is 1. The van der Waals surface area contributed by atoms with Crippen molar-refractivity contribution in [3.63, 3.8) is 0 Å². The summed E-state index contributed by atoms with van der Waals surface area (Å²) in [4.78, 5) is 6.96. The van der Waals surface area contributed by atoms with E-state index in [0.29, 0.717) is 0 Å². The fraction of sp³-hybridized carbons (Fsp3) is 0.353. The van der Waals surface area contributed by atoms with E-state index in [1.165, 1.54) is 6.07 Å². The second-order valence-electron chi connectivity index (χ2n) is 5.50. The minimum atomic E-state index is -0.168. The zero-order chi connectivity index (χ0) is 16.4. The predicted octanol–water partition coefficient (Wildman–Crippen LogP) is 3.79. The zero-order valence-electron chi connectivity index (χ0n) is 13.8. The molecule has 0 spiro atoms. The van der Waals surface area contributed by atoms with Gasteiger partial charge in [-0.05, 0) is 54.0 Å². The molecule has 116 valence electrons. The SMILES string of the molecule is [2H]Nc1c(C)cc(N2CCc3cc(F)ccc3C2)nc1SCC. The van der Waals surface area contributed by atoms with Crippen molar-refractivity contribution in [2.24, 2.45) is 0 Å². The average Bonchev–Trinajstić information content (AvgIpc) is 2.54. The maximum Gasteiger partial charge on any atom is 0.156 e. The van der Waals surface area contributed by atoms with Crippen LogP contribution < -0.4 is 10.6 Å². The average molecular weight is 318 g/mol. The van der Waals surface area contributed by atoms with Gasteiger partial charge in [-0.2, -0.15) is 0 Å². The molecule has 0 radical (unpaired) electrons. The van der Waals surface area contributed by atoms with Gasteiger partial charge in [0.1, 0.15) is 16.7 Å². The van der Waals surface area contributed by atoms with Crippen molar-refractivity contribution in [2.75, 3.05) is 22.9 Å². The maximum absolute atomic E-state index is 13.3. The van der Waals surface area contributed by atoms with E-state index in [2.05, 4.69) is 17.6 Å². The van der Waals surface area contributed by atoms with Gasteiger partial charge in [0.2, 0.25) is 0 Å². The van der Waals surface area contributed by atoms with E-state index in [0.717, 1.165) is 58.5 Å². The van der Waals surface area contributed by atoms with Gasteiger partial charge >= 0.3 is 0 Å². The Balaban J connectivity index is 1.92. The molecule has 0 atom stereocenters. The molecule has 0 aliphatic carbocycles. The lowest BCUT2D eigenvalue weighted by molar-refractivity contribution is 0.618. The van der Waals surface area contributed by atoms with E-state index in [4.69, 9.17) is 6.40 Å². The minimum Gasteiger partial charge on any atom is -0.396 e. The highest BCUT2D eigenvalue weighted by atomic mass is 32.2. The number of hydrogen-bond acceptors (Lipinski definition) is 4. The fourth-order valence-corrected chi connectivity index (χ4v) is 3.48. The van der Waals surface area contributed by atoms with Gasteiger partial charge in [0.15, 0.2) is 1.41 Å². The van der Waals surface area contributed by atoms with E-state index in [1.807, 2.05) is 19.1 Å². The number of thioether (sulfide) groups is 1. The van der Waals surface area contributed by atoms with Gasteiger partial charge in [-0.3, -0.25) is 0 Å². The van der Waals surface area contributed by atoms with Crippen molar-refractivity contribution < 1.29 is 5.80 Å². The number of aromatic nitrogens is 1. The summed E-state index contributed by atoms with van der Waals surface area (Å²) in [7, 11) is 0. The summed E-state index contributed by atoms with van der Waals surface area (Å²) in [5.74, 6) is 1.67. The molecule has 2 N–H and O–H groups in total. The van der Waals surface area contributed by atoms with Crippen LogP contribution in [0, 0.1) is 12.7 Å². The second-order valence-corrected chi connectivity index (χ2v) is 6.75. The van der Waals surface area contributed by atoms with E-state index in [9.17, 15) is 4.39 Å². The molecule has 1 aliphatic heterocycles. The van der Waals surface area contributed by atoms with Gasteiger partial charge in [0, 0.05) is 13.1 Å². The third kappa shape index (κ3) is 2.90. The Labute approximate surface area is 136 Å². The summed E-state index contributed by atoms with van der Waals surface area (Å²) >= 11 is 1.64. The lowest BCUT2D eigenvalue weighted by atomic mass is 9.99. The summed E-state index contributed by atoms with van der Waals surface area (Å²) in [6, 6.07) is 7.04. The van der Waals surface area contributed by atoms with Gasteiger partial charge in [0.05, 0.1) is 5.69 Å². The number of hydrogen-bond donors (Lipinski definition) is 1. The maximum atomic E-state index is 13.3. The van der Waals surface area contributed by atoms with Crippen LogP contribution in [0.1, 0.15) is 23.6 Å². The normalized spacial score (nSPS) is 14.5. The van der Waals surface area contributed by atoms with Gasteiger partial charge in [0.25, 0.3) is 0 Å². The molecule has 0 bridgehead atoms. The molecule has 1 aromatic heterocycles. The van der Waals surface area contributed by atoms with E-state index >= 15 is 0 Å². The van der Waals surface area contributed by atoms with Crippen molar-refractivity contribution >= 4 is 23.3 Å². The first-order valence-electron chi connectivity index (χ1n) is 7.96. The van der Waals surface area contributed by atoms with Crippen LogP contribution in [-0.4, -0.2) is 17.3 Å². The lowest BCUT2D eigenvalue weighted by Gasteiger charge is -2.30. The number of benzene rings is 1. The number of anilines is 2. The molecular weight excluding hydrogens is 297 g/mol. The topological polar surface area (TPSA) is 42.1 Å². The van der Waals surface area contributed by atoms with Gasteiger partial charge in [-0.25, -0.2) is 9.37 Å². The number of aryl methyl sites for hydroxylation is 1. The van der Waals surface area contributed by atoms with Gasteiger partial charge < -0.3 is 10.6 Å². The summed E-state index contributed by atoms with van der Waals surface area (Å²) < 4.78 is 20.8. The van der Waals surface area contributed by atoms with E-state index < -0.39 is 0 Å². The van der Waals surface area contributed by atoms with Crippen LogP contribution in [0.3, 0.4) is 0 Å². The quantitative estimate of drug-likeness (QED) is 0.871. The molecule has 3 nitrogen and oxygen atoms in total. The Morgan fingerprint density at radius 2 is 2.27 bits per heavy atom. The van der Waals surface area contributed by atoms with Gasteiger partial charge in [-0.15, -0.1) is 11.8 Å². The molecule has 2 aromatic rings. The van der Waals surface area contributed by atoms with Crippen molar-refractivity contribution in [2.45, 2.75) is 31.8 Å². The number of nitrogen functional groups attached to an aromatic ring is 1. The molecule has 0 amide bonds. The van der Waals surface area contributed by atoms with Crippen molar-refractivity contribution in [3.8, 4) is 0 Å². The predicted molar refractivity (Wildman–Crippen MR) is 90.9 cm³/mol. The molecule has 5 heteroatoms. The first-order valence-corrected chi connectivity index (χ1v) is 8.45. The van der Waals surface area contributed by atoms with Crippen LogP contribution in [0.25, 0.3) is 0 Å². The second kappa shape index (κ2) is 6.16. The molecule has 3 rings (SSSR count). The zero-order valence-corrected chi connectivity index (χ0v) is 13.6. The summed E-state index contributed by atoms with van der Waals surface area (Å²) in [5.41, 5.74) is 6.55. The Morgan fingerprint density at radius 3 is 3.05 bits per heavy atom. The third-order valence-corrected chi connectivity index (χ3v) is 4.81. The first kappa shape index (κ1) is 13.9. The molecule has 0 saturated heterocycles. The number of pyridine rings is 1. The Kier molecular flexibility index (Phi) is 3.89. The van der Waals surface area contributed by atoms with Crippen molar-refractivity contribution in [1.29, 1.82) is 0 Å². The summed E-state index contributed by atoms with van der Waals surface area (Å²) in [6.07, 6.45) is 0.822. The molecule has 0 saturated carbocycles. The number of halogens is 1. The van der Waals surface area contributed by atoms with E-state index in [1.54, 1.807) is 17.8 Å². The van der Waals surface area contributed by atoms with Crippen LogP contribution in [0.4, 0.5) is 15.9 Å². The summed E-state index contributed by atoms with van der Waals surface area (Å²) in [6.45, 7) is 5.64. The largest absolute Gasteiger partial charge is 0.396 e. The third-order valence-electron chi connectivity index (χ3n) is 3.96. The molecule has 1 aromatic carbocycles. The molecule has 2 heterocycles. The number of rotatable bonds is 4. The highest BCUT2D eigenvalue weighted by Crippen LogP contribution is 2.31. The monoisotopic (exact) mass is 318 g/mol. The Hall–Kier alpha value is -1.75. The molecule has 1 aliphatic rings. The fourth-order valence-electron chi connectivity index (χ4n) is 2.75. The van der Waals surface area contributed by atoms with Crippen LogP contribution in [-0.2, 0) is 13.0 Å². The molecule has 0 unspecified atom stereocenters. The smallest absolute Gasteiger partial charge is 0.156 e. The standard InChI is InChI=1S/C17H20FN3S/c1-3-22-17-16(19)11(2)8-15(20-17)21-7-6-12-9-14(18)5-4-13(12)10-21/h4-5,8-9H,3,6-7,10,19H2,1-2H3/i/hD. The molecular formula is C17H20FN3S. The van der Waals surface area contributed by atoms with Crippen molar-refractivity contribution in [3.05, 3.63) is 46.8 Å². The Bertz CT molecular complexity index is 723. The number of nitrogens with two attached hydrogens (primary N) is 1. The Morgan fingerprint density at radius 1 is 1.41 bits per heavy atom. The van der Waals surface area contributed by atoms with Crippen LogP contribution in [0.5, 0.6) is 0 Å². The van der Waals surface area contributed by atoms with E-state index in [-0.39, 0.29) is 5.82 Å². The highest BCUT2D eigenvalue weighted by Gasteiger charge is 2.19. The lowest BCUT2D eigenvalue weighted by Crippen LogP contribution is -2.31. The molecule has 0 fully saturated rings. The molecule has 22 heavy (non-hydrogen) atoms.